The van der Waals surface area contributed by atoms with E-state index in [9.17, 15) is 4.79 Å². The Hall–Kier alpha value is -2.28. The lowest BCUT2D eigenvalue weighted by atomic mass is 9.88. The Morgan fingerprint density at radius 2 is 1.96 bits per heavy atom. The highest BCUT2D eigenvalue weighted by molar-refractivity contribution is 7.98. The van der Waals surface area contributed by atoms with Gasteiger partial charge < -0.3 is 14.7 Å². The zero-order valence-corrected chi connectivity index (χ0v) is 17.7. The van der Waals surface area contributed by atoms with Crippen molar-refractivity contribution < 1.29 is 4.79 Å². The molecule has 0 radical (unpaired) electrons. The molecule has 0 N–H and O–H groups in total. The van der Waals surface area contributed by atoms with Crippen LogP contribution in [0.1, 0.15) is 17.2 Å². The predicted octanol–water partition coefficient (Wildman–Crippen LogP) is 3.30. The van der Waals surface area contributed by atoms with Crippen molar-refractivity contribution in [3.8, 4) is 0 Å². The van der Waals surface area contributed by atoms with Crippen LogP contribution in [0.15, 0.2) is 41.7 Å². The van der Waals surface area contributed by atoms with Gasteiger partial charge in [-0.1, -0.05) is 36.0 Å². The van der Waals surface area contributed by atoms with Crippen LogP contribution in [0.2, 0.25) is 0 Å². The average molecular weight is 398 g/mol. The van der Waals surface area contributed by atoms with Crippen LogP contribution >= 0.6 is 11.8 Å². The first-order valence-electron chi connectivity index (χ1n) is 9.65. The molecule has 2 aromatic rings. The molecule has 2 saturated heterocycles. The number of hydrogen-bond acceptors (Lipinski definition) is 5. The highest BCUT2D eigenvalue weighted by Crippen LogP contribution is 2.46. The summed E-state index contributed by atoms with van der Waals surface area (Å²) in [5.41, 5.74) is 2.51. The fourth-order valence-corrected chi connectivity index (χ4v) is 4.96. The van der Waals surface area contributed by atoms with E-state index in [4.69, 9.17) is 0 Å². The summed E-state index contributed by atoms with van der Waals surface area (Å²) in [5.74, 6) is 1.83. The summed E-state index contributed by atoms with van der Waals surface area (Å²) in [6.07, 6.45) is 3.83. The van der Waals surface area contributed by atoms with Gasteiger partial charge in [0.25, 0.3) is 0 Å². The zero-order chi connectivity index (χ0) is 19.8. The Balaban J connectivity index is 1.65. The number of likely N-dealkylation sites (tertiary alicyclic amines) is 1. The summed E-state index contributed by atoms with van der Waals surface area (Å²) >= 11 is 1.56. The number of urea groups is 1. The van der Waals surface area contributed by atoms with E-state index < -0.39 is 0 Å². The van der Waals surface area contributed by atoms with Gasteiger partial charge in [0.1, 0.15) is 5.82 Å². The monoisotopic (exact) mass is 397 g/mol. The molecular weight excluding hydrogens is 370 g/mol. The van der Waals surface area contributed by atoms with Crippen LogP contribution in [-0.2, 0) is 0 Å². The largest absolute Gasteiger partial charge is 0.356 e. The number of aryl methyl sites for hydroxylation is 1. The molecule has 0 aliphatic carbocycles. The maximum absolute atomic E-state index is 12.9. The number of anilines is 1. The van der Waals surface area contributed by atoms with Crippen LogP contribution in [0.25, 0.3) is 0 Å². The molecule has 0 bridgehead atoms. The number of hydrogen-bond donors (Lipinski definition) is 0. The molecule has 0 spiro atoms. The van der Waals surface area contributed by atoms with E-state index >= 15 is 0 Å². The van der Waals surface area contributed by atoms with Crippen molar-refractivity contribution in [1.82, 2.24) is 19.8 Å². The molecule has 4 rings (SSSR count). The van der Waals surface area contributed by atoms with Crippen LogP contribution in [0.3, 0.4) is 0 Å². The third-order valence-corrected chi connectivity index (χ3v) is 6.49. The third kappa shape index (κ3) is 3.32. The number of nitrogens with zero attached hydrogens (tertiary/aromatic N) is 5. The Kier molecular flexibility index (Phi) is 5.19. The number of aromatic nitrogens is 2. The van der Waals surface area contributed by atoms with Gasteiger partial charge >= 0.3 is 6.03 Å². The topological polar surface area (TPSA) is 52.6 Å². The second kappa shape index (κ2) is 7.62. The molecule has 2 aliphatic rings. The smallest absolute Gasteiger partial charge is 0.320 e. The van der Waals surface area contributed by atoms with E-state index in [1.807, 2.05) is 32.6 Å². The number of amides is 2. The highest BCUT2D eigenvalue weighted by Gasteiger charge is 2.50. The molecule has 1 aromatic carbocycles. The Morgan fingerprint density at radius 1 is 1.18 bits per heavy atom. The molecule has 3 heterocycles. The van der Waals surface area contributed by atoms with Crippen LogP contribution in [0.5, 0.6) is 0 Å². The number of benzene rings is 1. The number of rotatable bonds is 3. The van der Waals surface area contributed by atoms with Crippen molar-refractivity contribution in [3.05, 3.63) is 47.7 Å². The van der Waals surface area contributed by atoms with Gasteiger partial charge in [-0.2, -0.15) is 0 Å². The van der Waals surface area contributed by atoms with Crippen molar-refractivity contribution >= 4 is 23.6 Å². The quantitative estimate of drug-likeness (QED) is 0.588. The van der Waals surface area contributed by atoms with Gasteiger partial charge in [-0.15, -0.1) is 0 Å². The lowest BCUT2D eigenvalue weighted by Gasteiger charge is -2.32. The van der Waals surface area contributed by atoms with Gasteiger partial charge in [0.05, 0.1) is 6.04 Å². The molecule has 148 valence electrons. The Morgan fingerprint density at radius 3 is 2.68 bits per heavy atom. The van der Waals surface area contributed by atoms with Crippen molar-refractivity contribution in [2.45, 2.75) is 18.1 Å². The summed E-state index contributed by atoms with van der Waals surface area (Å²) in [4.78, 5) is 28.0. The summed E-state index contributed by atoms with van der Waals surface area (Å²) in [6, 6.07) is 10.7. The van der Waals surface area contributed by atoms with Crippen LogP contribution < -0.4 is 4.90 Å². The first kappa shape index (κ1) is 19.1. The molecule has 2 amide bonds. The standard InChI is InChI=1S/C21H27N5OS/c1-14-7-5-6-8-16(14)19-17-13-25(18-9-10-22-20(23-18)28-4)11-15(17)12-26(19)21(27)24(2)3/h5-10,15,17,19H,11-13H2,1-4H3/t15-,17-,19+/m1/s1. The maximum Gasteiger partial charge on any atom is 0.320 e. The van der Waals surface area contributed by atoms with E-state index in [0.717, 1.165) is 30.6 Å². The van der Waals surface area contributed by atoms with E-state index in [1.54, 1.807) is 16.7 Å². The van der Waals surface area contributed by atoms with Gasteiger partial charge in [-0.3, -0.25) is 0 Å². The lowest BCUT2D eigenvalue weighted by molar-refractivity contribution is 0.159. The lowest BCUT2D eigenvalue weighted by Crippen LogP contribution is -2.41. The van der Waals surface area contributed by atoms with Gasteiger partial charge in [0, 0.05) is 51.8 Å². The van der Waals surface area contributed by atoms with Crippen molar-refractivity contribution in [2.75, 3.05) is 44.9 Å². The number of carbonyl (C=O) groups is 1. The zero-order valence-electron chi connectivity index (χ0n) is 16.9. The summed E-state index contributed by atoms with van der Waals surface area (Å²) < 4.78 is 0. The molecule has 2 aliphatic heterocycles. The highest BCUT2D eigenvalue weighted by atomic mass is 32.2. The second-order valence-electron chi connectivity index (χ2n) is 7.86. The van der Waals surface area contributed by atoms with E-state index in [0.29, 0.717) is 11.8 Å². The summed E-state index contributed by atoms with van der Waals surface area (Å²) in [6.45, 7) is 4.77. The molecule has 2 fully saturated rings. The van der Waals surface area contributed by atoms with Gasteiger partial charge in [-0.05, 0) is 30.4 Å². The molecule has 28 heavy (non-hydrogen) atoms. The normalized spacial score (nSPS) is 23.8. The Labute approximate surface area is 170 Å². The summed E-state index contributed by atoms with van der Waals surface area (Å²) in [7, 11) is 3.67. The maximum atomic E-state index is 12.9. The molecule has 3 atom stereocenters. The van der Waals surface area contributed by atoms with Gasteiger partial charge in [0.15, 0.2) is 5.16 Å². The van der Waals surface area contributed by atoms with E-state index in [1.165, 1.54) is 11.1 Å². The predicted molar refractivity (Wildman–Crippen MR) is 113 cm³/mol. The molecule has 7 heteroatoms. The van der Waals surface area contributed by atoms with E-state index in [2.05, 4.69) is 51.0 Å². The number of thioether (sulfide) groups is 1. The number of fused-ring (bicyclic) bond motifs is 1. The minimum Gasteiger partial charge on any atom is -0.356 e. The second-order valence-corrected chi connectivity index (χ2v) is 8.63. The van der Waals surface area contributed by atoms with Crippen molar-refractivity contribution in [2.24, 2.45) is 11.8 Å². The molecular formula is C21H27N5OS. The molecule has 1 aromatic heterocycles. The van der Waals surface area contributed by atoms with Crippen LogP contribution in [-0.4, -0.2) is 65.8 Å². The Bertz CT molecular complexity index is 873. The van der Waals surface area contributed by atoms with Crippen LogP contribution in [0.4, 0.5) is 10.6 Å². The summed E-state index contributed by atoms with van der Waals surface area (Å²) in [5, 5.41) is 0.800. The SMILES string of the molecule is CSc1nccc(N2C[C@@H]3CN(C(=O)N(C)C)[C@@H](c4ccccc4C)[C@@H]3C2)n1. The van der Waals surface area contributed by atoms with Gasteiger partial charge in [-0.25, -0.2) is 14.8 Å². The van der Waals surface area contributed by atoms with Crippen molar-refractivity contribution in [1.29, 1.82) is 0 Å². The first-order chi connectivity index (χ1) is 13.5. The number of carbonyl (C=O) groups excluding carboxylic acids is 1. The third-order valence-electron chi connectivity index (χ3n) is 5.92. The molecule has 0 unspecified atom stereocenters. The molecule has 0 saturated carbocycles. The first-order valence-corrected chi connectivity index (χ1v) is 10.9. The van der Waals surface area contributed by atoms with E-state index in [-0.39, 0.29) is 12.1 Å². The fraction of sp³-hybridized carbons (Fsp3) is 0.476. The minimum atomic E-state index is 0.0981. The fourth-order valence-electron chi connectivity index (χ4n) is 4.61. The minimum absolute atomic E-state index is 0.0981. The molecule has 6 nitrogen and oxygen atoms in total. The van der Waals surface area contributed by atoms with Gasteiger partial charge in [0.2, 0.25) is 0 Å². The van der Waals surface area contributed by atoms with Crippen LogP contribution in [0, 0.1) is 18.8 Å². The van der Waals surface area contributed by atoms with Crippen molar-refractivity contribution in [3.63, 3.8) is 0 Å². The average Bonchev–Trinajstić information content (AvgIpc) is 3.26.